The molecule has 3 nitrogen and oxygen atoms in total. The predicted molar refractivity (Wildman–Crippen MR) is 82.1 cm³/mol. The molecule has 1 aromatic rings. The number of halogens is 1. The maximum atomic E-state index is 9.44. The van der Waals surface area contributed by atoms with Gasteiger partial charge in [0, 0.05) is 12.6 Å². The number of phenols is 1. The highest BCUT2D eigenvalue weighted by Gasteiger charge is 2.24. The van der Waals surface area contributed by atoms with Gasteiger partial charge in [-0.1, -0.05) is 17.7 Å². The summed E-state index contributed by atoms with van der Waals surface area (Å²) in [5, 5.41) is 13.6. The molecular weight excluding hydrogens is 272 g/mol. The lowest BCUT2D eigenvalue weighted by molar-refractivity contribution is 0.190. The second kappa shape index (κ2) is 6.33. The zero-order valence-corrected chi connectivity index (χ0v) is 12.6. The van der Waals surface area contributed by atoms with Crippen molar-refractivity contribution in [2.45, 2.75) is 38.3 Å². The molecule has 4 heteroatoms. The van der Waals surface area contributed by atoms with E-state index >= 15 is 0 Å². The largest absolute Gasteiger partial charge is 0.506 e. The summed E-state index contributed by atoms with van der Waals surface area (Å²) in [4.78, 5) is 2.47. The molecule has 2 aliphatic rings. The van der Waals surface area contributed by atoms with Gasteiger partial charge in [0.25, 0.3) is 0 Å². The molecule has 1 aromatic carbocycles. The molecule has 3 rings (SSSR count). The van der Waals surface area contributed by atoms with E-state index in [0.29, 0.717) is 11.1 Å². The van der Waals surface area contributed by atoms with E-state index in [1.807, 2.05) is 12.1 Å². The summed E-state index contributed by atoms with van der Waals surface area (Å²) in [6, 6.07) is 6.21. The summed E-state index contributed by atoms with van der Waals surface area (Å²) in [6.45, 7) is 4.43. The van der Waals surface area contributed by atoms with E-state index < -0.39 is 0 Å². The first kappa shape index (κ1) is 14.2. The van der Waals surface area contributed by atoms with Crippen LogP contribution >= 0.6 is 11.6 Å². The number of phenolic OH excluding ortho intramolecular Hbond substituents is 1. The lowest BCUT2D eigenvalue weighted by Crippen LogP contribution is -2.42. The molecule has 0 amide bonds. The Labute approximate surface area is 125 Å². The molecule has 2 N–H and O–H groups in total. The van der Waals surface area contributed by atoms with Crippen LogP contribution in [0.15, 0.2) is 18.2 Å². The van der Waals surface area contributed by atoms with Gasteiger partial charge in [-0.3, -0.25) is 4.90 Å². The van der Waals surface area contributed by atoms with E-state index in [-0.39, 0.29) is 5.75 Å². The molecule has 2 fully saturated rings. The first-order chi connectivity index (χ1) is 9.70. The number of rotatable bonds is 5. The average molecular weight is 295 g/mol. The molecule has 1 heterocycles. The van der Waals surface area contributed by atoms with Gasteiger partial charge < -0.3 is 10.4 Å². The van der Waals surface area contributed by atoms with Crippen molar-refractivity contribution in [3.63, 3.8) is 0 Å². The molecule has 1 aliphatic heterocycles. The quantitative estimate of drug-likeness (QED) is 0.876. The minimum absolute atomic E-state index is 0.165. The Morgan fingerprint density at radius 1 is 1.20 bits per heavy atom. The van der Waals surface area contributed by atoms with Gasteiger partial charge in [0.05, 0.1) is 5.02 Å². The summed E-state index contributed by atoms with van der Waals surface area (Å²) in [5.41, 5.74) is 1.18. The van der Waals surface area contributed by atoms with Crippen molar-refractivity contribution in [2.75, 3.05) is 19.6 Å². The monoisotopic (exact) mass is 294 g/mol. The molecule has 0 unspecified atom stereocenters. The van der Waals surface area contributed by atoms with Crippen LogP contribution in [-0.2, 0) is 6.54 Å². The number of aromatic hydroxyl groups is 1. The van der Waals surface area contributed by atoms with Crippen LogP contribution in [0.3, 0.4) is 0 Å². The Morgan fingerprint density at radius 2 is 1.95 bits per heavy atom. The lowest BCUT2D eigenvalue weighted by atomic mass is 10.0. The van der Waals surface area contributed by atoms with Gasteiger partial charge in [-0.25, -0.2) is 0 Å². The summed E-state index contributed by atoms with van der Waals surface area (Å²) < 4.78 is 0. The Hall–Kier alpha value is -0.770. The van der Waals surface area contributed by atoms with Crippen molar-refractivity contribution < 1.29 is 5.11 Å². The van der Waals surface area contributed by atoms with Gasteiger partial charge in [-0.05, 0) is 68.9 Å². The highest BCUT2D eigenvalue weighted by molar-refractivity contribution is 6.32. The molecule has 0 radical (unpaired) electrons. The topological polar surface area (TPSA) is 35.5 Å². The third kappa shape index (κ3) is 3.87. The van der Waals surface area contributed by atoms with Crippen LogP contribution in [-0.4, -0.2) is 35.7 Å². The SMILES string of the molecule is Oc1ccc(CN2CCC(NCC3CC3)CC2)cc1Cl. The van der Waals surface area contributed by atoms with E-state index in [1.54, 1.807) is 6.07 Å². The number of nitrogens with zero attached hydrogens (tertiary/aromatic N) is 1. The van der Waals surface area contributed by atoms with Crippen molar-refractivity contribution in [3.05, 3.63) is 28.8 Å². The fraction of sp³-hybridized carbons (Fsp3) is 0.625. The fourth-order valence-corrected chi connectivity index (χ4v) is 3.06. The first-order valence-corrected chi connectivity index (χ1v) is 8.01. The van der Waals surface area contributed by atoms with Gasteiger partial charge in [0.1, 0.15) is 5.75 Å². The Bertz CT molecular complexity index is 454. The van der Waals surface area contributed by atoms with Crippen LogP contribution in [0.2, 0.25) is 5.02 Å². The number of piperidine rings is 1. The minimum atomic E-state index is 0.165. The highest BCUT2D eigenvalue weighted by Crippen LogP contribution is 2.28. The lowest BCUT2D eigenvalue weighted by Gasteiger charge is -2.32. The summed E-state index contributed by atoms with van der Waals surface area (Å²) in [7, 11) is 0. The average Bonchev–Trinajstić information content (AvgIpc) is 3.26. The number of nitrogens with one attached hydrogen (secondary N) is 1. The molecule has 0 aromatic heterocycles. The number of likely N-dealkylation sites (tertiary alicyclic amines) is 1. The van der Waals surface area contributed by atoms with Gasteiger partial charge in [-0.2, -0.15) is 0 Å². The molecule has 1 saturated heterocycles. The zero-order chi connectivity index (χ0) is 13.9. The Morgan fingerprint density at radius 3 is 2.60 bits per heavy atom. The van der Waals surface area contributed by atoms with E-state index in [9.17, 15) is 5.11 Å². The molecule has 0 bridgehead atoms. The fourth-order valence-electron chi connectivity index (χ4n) is 2.86. The van der Waals surface area contributed by atoms with Gasteiger partial charge in [0.15, 0.2) is 0 Å². The number of hydrogen-bond donors (Lipinski definition) is 2. The molecule has 20 heavy (non-hydrogen) atoms. The van der Waals surface area contributed by atoms with Crippen LogP contribution in [0, 0.1) is 5.92 Å². The third-order valence-corrected chi connectivity index (χ3v) is 4.70. The summed E-state index contributed by atoms with van der Waals surface area (Å²) >= 11 is 5.95. The molecule has 1 saturated carbocycles. The van der Waals surface area contributed by atoms with Crippen LogP contribution in [0.1, 0.15) is 31.2 Å². The molecule has 0 spiro atoms. The van der Waals surface area contributed by atoms with Crippen molar-refractivity contribution in [1.82, 2.24) is 10.2 Å². The predicted octanol–water partition coefficient (Wildman–Crippen LogP) is 3.01. The molecule has 110 valence electrons. The summed E-state index contributed by atoms with van der Waals surface area (Å²) in [6.07, 6.45) is 5.32. The van der Waals surface area contributed by atoms with E-state index in [4.69, 9.17) is 11.6 Å². The zero-order valence-electron chi connectivity index (χ0n) is 11.8. The van der Waals surface area contributed by atoms with Crippen LogP contribution in [0.5, 0.6) is 5.75 Å². The van der Waals surface area contributed by atoms with E-state index in [1.165, 1.54) is 37.8 Å². The minimum Gasteiger partial charge on any atom is -0.506 e. The maximum Gasteiger partial charge on any atom is 0.134 e. The van der Waals surface area contributed by atoms with Crippen molar-refractivity contribution >= 4 is 11.6 Å². The molecule has 0 atom stereocenters. The van der Waals surface area contributed by atoms with Crippen LogP contribution < -0.4 is 5.32 Å². The van der Waals surface area contributed by atoms with Gasteiger partial charge >= 0.3 is 0 Å². The second-order valence-corrected chi connectivity index (χ2v) is 6.60. The third-order valence-electron chi connectivity index (χ3n) is 4.40. The smallest absolute Gasteiger partial charge is 0.134 e. The van der Waals surface area contributed by atoms with Crippen molar-refractivity contribution in [3.8, 4) is 5.75 Å². The van der Waals surface area contributed by atoms with E-state index in [0.717, 1.165) is 25.6 Å². The van der Waals surface area contributed by atoms with Crippen molar-refractivity contribution in [2.24, 2.45) is 5.92 Å². The van der Waals surface area contributed by atoms with Gasteiger partial charge in [-0.15, -0.1) is 0 Å². The molecule has 1 aliphatic carbocycles. The van der Waals surface area contributed by atoms with Gasteiger partial charge in [0.2, 0.25) is 0 Å². The molecular formula is C16H23ClN2O. The van der Waals surface area contributed by atoms with Crippen LogP contribution in [0.4, 0.5) is 0 Å². The number of benzene rings is 1. The van der Waals surface area contributed by atoms with Crippen molar-refractivity contribution in [1.29, 1.82) is 0 Å². The van der Waals surface area contributed by atoms with E-state index in [2.05, 4.69) is 10.2 Å². The number of hydrogen-bond acceptors (Lipinski definition) is 3. The Balaban J connectivity index is 1.44. The second-order valence-electron chi connectivity index (χ2n) is 6.19. The normalized spacial score (nSPS) is 21.2. The maximum absolute atomic E-state index is 9.44. The Kier molecular flexibility index (Phi) is 4.49. The van der Waals surface area contributed by atoms with Crippen LogP contribution in [0.25, 0.3) is 0 Å². The summed E-state index contributed by atoms with van der Waals surface area (Å²) in [5.74, 6) is 1.13. The highest BCUT2D eigenvalue weighted by atomic mass is 35.5. The standard InChI is InChI=1S/C16H23ClN2O/c17-15-9-13(3-4-16(15)20)11-19-7-5-14(6-8-19)18-10-12-1-2-12/h3-4,9,12,14,18,20H,1-2,5-8,10-11H2. The first-order valence-electron chi connectivity index (χ1n) is 7.64.